The Hall–Kier alpha value is -1.81. The first-order valence-electron chi connectivity index (χ1n) is 7.60. The smallest absolute Gasteiger partial charge is 0.136 e. The molecular formula is C17H22N2O2. The topological polar surface area (TPSA) is 45.6 Å². The zero-order valence-electron chi connectivity index (χ0n) is 12.5. The van der Waals surface area contributed by atoms with Crippen LogP contribution in [0, 0.1) is 5.92 Å². The summed E-state index contributed by atoms with van der Waals surface area (Å²) in [5, 5.41) is 11.5. The van der Waals surface area contributed by atoms with Crippen LogP contribution >= 0.6 is 0 Å². The van der Waals surface area contributed by atoms with Crippen molar-refractivity contribution in [3.63, 3.8) is 0 Å². The third-order valence-corrected chi connectivity index (χ3v) is 4.31. The Morgan fingerprint density at radius 1 is 1.38 bits per heavy atom. The molecule has 21 heavy (non-hydrogen) atoms. The maximum atomic E-state index is 9.16. The molecule has 1 N–H and O–H groups in total. The summed E-state index contributed by atoms with van der Waals surface area (Å²) in [5.74, 6) is 2.46. The number of hydrogen-bond donors (Lipinski definition) is 1. The number of piperidine rings is 1. The summed E-state index contributed by atoms with van der Waals surface area (Å²) < 4.78 is 5.34. The number of aliphatic hydroxyl groups is 1. The Morgan fingerprint density at radius 2 is 2.29 bits per heavy atom. The molecule has 0 spiro atoms. The number of benzene rings is 1. The predicted molar refractivity (Wildman–Crippen MR) is 84.9 cm³/mol. The van der Waals surface area contributed by atoms with Crippen LogP contribution in [0.1, 0.15) is 19.3 Å². The van der Waals surface area contributed by atoms with Crippen LogP contribution in [0.4, 0.5) is 5.82 Å². The summed E-state index contributed by atoms with van der Waals surface area (Å²) in [5.41, 5.74) is 0. The van der Waals surface area contributed by atoms with Gasteiger partial charge in [-0.3, -0.25) is 0 Å². The van der Waals surface area contributed by atoms with Gasteiger partial charge in [-0.05, 0) is 48.8 Å². The van der Waals surface area contributed by atoms with Gasteiger partial charge in [-0.1, -0.05) is 6.07 Å². The van der Waals surface area contributed by atoms with Crippen molar-refractivity contribution < 1.29 is 9.84 Å². The first-order valence-corrected chi connectivity index (χ1v) is 7.60. The first-order chi connectivity index (χ1) is 10.3. The third-order valence-electron chi connectivity index (χ3n) is 4.31. The van der Waals surface area contributed by atoms with Gasteiger partial charge < -0.3 is 14.7 Å². The molecular weight excluding hydrogens is 264 g/mol. The van der Waals surface area contributed by atoms with Gasteiger partial charge in [0.2, 0.25) is 0 Å². The van der Waals surface area contributed by atoms with Crippen LogP contribution in [0.5, 0.6) is 5.75 Å². The number of aliphatic hydroxyl groups excluding tert-OH is 1. The van der Waals surface area contributed by atoms with Gasteiger partial charge in [-0.15, -0.1) is 0 Å². The quantitative estimate of drug-likeness (QED) is 0.938. The molecule has 1 fully saturated rings. The van der Waals surface area contributed by atoms with E-state index in [2.05, 4.69) is 22.0 Å². The Bertz CT molecular complexity index is 613. The molecule has 1 atom stereocenters. The molecule has 1 aliphatic rings. The van der Waals surface area contributed by atoms with E-state index >= 15 is 0 Å². The highest BCUT2D eigenvalue weighted by Crippen LogP contribution is 2.31. The minimum absolute atomic E-state index is 0.273. The average Bonchev–Trinajstić information content (AvgIpc) is 2.54. The van der Waals surface area contributed by atoms with Gasteiger partial charge in [0.15, 0.2) is 0 Å². The van der Waals surface area contributed by atoms with Crippen LogP contribution in [0.2, 0.25) is 0 Å². The van der Waals surface area contributed by atoms with E-state index in [1.54, 1.807) is 7.11 Å². The number of fused-ring (bicyclic) bond motifs is 1. The molecule has 1 saturated heterocycles. The Kier molecular flexibility index (Phi) is 4.25. The zero-order valence-corrected chi connectivity index (χ0v) is 12.5. The van der Waals surface area contributed by atoms with Crippen molar-refractivity contribution in [1.29, 1.82) is 0 Å². The zero-order chi connectivity index (χ0) is 14.7. The largest absolute Gasteiger partial charge is 0.497 e. The molecule has 4 heteroatoms. The molecule has 1 aromatic heterocycles. The lowest BCUT2D eigenvalue weighted by molar-refractivity contribution is 0.244. The molecule has 0 saturated carbocycles. The number of pyridine rings is 1. The molecule has 2 aromatic rings. The van der Waals surface area contributed by atoms with Crippen molar-refractivity contribution >= 4 is 16.6 Å². The molecule has 4 nitrogen and oxygen atoms in total. The van der Waals surface area contributed by atoms with Gasteiger partial charge in [0.25, 0.3) is 0 Å². The maximum Gasteiger partial charge on any atom is 0.136 e. The molecule has 0 bridgehead atoms. The van der Waals surface area contributed by atoms with Crippen LogP contribution < -0.4 is 9.64 Å². The van der Waals surface area contributed by atoms with Crippen molar-refractivity contribution in [2.75, 3.05) is 31.7 Å². The fraction of sp³-hybridized carbons (Fsp3) is 0.471. The number of hydrogen-bond acceptors (Lipinski definition) is 4. The summed E-state index contributed by atoms with van der Waals surface area (Å²) >= 11 is 0. The molecule has 1 aromatic carbocycles. The molecule has 1 aliphatic heterocycles. The molecule has 3 rings (SSSR count). The lowest BCUT2D eigenvalue weighted by Gasteiger charge is -2.34. The summed E-state index contributed by atoms with van der Waals surface area (Å²) in [6.07, 6.45) is 5.11. The number of aromatic nitrogens is 1. The standard InChI is InChI=1S/C17H22N2O2/c1-21-15-5-4-14-6-8-18-17(16(14)11-15)19-9-2-3-13(12-19)7-10-20/h4-6,8,11,13,20H,2-3,7,9-10,12H2,1H3. The minimum Gasteiger partial charge on any atom is -0.497 e. The Labute approximate surface area is 125 Å². The van der Waals surface area contributed by atoms with E-state index in [-0.39, 0.29) is 6.61 Å². The fourth-order valence-corrected chi connectivity index (χ4v) is 3.19. The molecule has 0 aliphatic carbocycles. The monoisotopic (exact) mass is 286 g/mol. The maximum absolute atomic E-state index is 9.16. The average molecular weight is 286 g/mol. The molecule has 1 unspecified atom stereocenters. The van der Waals surface area contributed by atoms with E-state index < -0.39 is 0 Å². The van der Waals surface area contributed by atoms with Crippen molar-refractivity contribution in [2.24, 2.45) is 5.92 Å². The van der Waals surface area contributed by atoms with Crippen LogP contribution in [0.3, 0.4) is 0 Å². The molecule has 2 heterocycles. The summed E-state index contributed by atoms with van der Waals surface area (Å²) in [7, 11) is 1.69. The van der Waals surface area contributed by atoms with Gasteiger partial charge in [-0.2, -0.15) is 0 Å². The predicted octanol–water partition coefficient (Wildman–Crippen LogP) is 2.84. The fourth-order valence-electron chi connectivity index (χ4n) is 3.19. The van der Waals surface area contributed by atoms with E-state index in [1.165, 1.54) is 11.8 Å². The van der Waals surface area contributed by atoms with Crippen LogP contribution in [-0.4, -0.2) is 36.9 Å². The highest BCUT2D eigenvalue weighted by atomic mass is 16.5. The summed E-state index contributed by atoms with van der Waals surface area (Å²) in [6, 6.07) is 8.16. The molecule has 0 amide bonds. The number of ether oxygens (including phenoxy) is 1. The van der Waals surface area contributed by atoms with Crippen LogP contribution in [0.15, 0.2) is 30.5 Å². The van der Waals surface area contributed by atoms with E-state index in [9.17, 15) is 0 Å². The van der Waals surface area contributed by atoms with Crippen molar-refractivity contribution in [3.05, 3.63) is 30.5 Å². The second-order valence-electron chi connectivity index (χ2n) is 5.69. The van der Waals surface area contributed by atoms with E-state index in [0.717, 1.165) is 42.9 Å². The number of rotatable bonds is 4. The molecule has 0 radical (unpaired) electrons. The number of anilines is 1. The highest BCUT2D eigenvalue weighted by molar-refractivity contribution is 5.93. The lowest BCUT2D eigenvalue weighted by atomic mass is 9.95. The number of nitrogens with zero attached hydrogens (tertiary/aromatic N) is 2. The van der Waals surface area contributed by atoms with E-state index in [4.69, 9.17) is 9.84 Å². The van der Waals surface area contributed by atoms with Crippen molar-refractivity contribution in [2.45, 2.75) is 19.3 Å². The molecule has 112 valence electrons. The van der Waals surface area contributed by atoms with Crippen molar-refractivity contribution in [1.82, 2.24) is 4.98 Å². The van der Waals surface area contributed by atoms with E-state index in [1.807, 2.05) is 18.3 Å². The first kappa shape index (κ1) is 14.1. The summed E-state index contributed by atoms with van der Waals surface area (Å²) in [4.78, 5) is 6.96. The second-order valence-corrected chi connectivity index (χ2v) is 5.69. The van der Waals surface area contributed by atoms with Crippen molar-refractivity contribution in [3.8, 4) is 5.75 Å². The van der Waals surface area contributed by atoms with Crippen LogP contribution in [-0.2, 0) is 0 Å². The third kappa shape index (κ3) is 2.95. The van der Waals surface area contributed by atoms with Gasteiger partial charge in [-0.25, -0.2) is 4.98 Å². The SMILES string of the molecule is COc1ccc2ccnc(N3CCCC(CCO)C3)c2c1. The lowest BCUT2D eigenvalue weighted by Crippen LogP contribution is -2.36. The Morgan fingerprint density at radius 3 is 3.10 bits per heavy atom. The summed E-state index contributed by atoms with van der Waals surface area (Å²) in [6.45, 7) is 2.28. The highest BCUT2D eigenvalue weighted by Gasteiger charge is 2.21. The van der Waals surface area contributed by atoms with Gasteiger partial charge in [0.05, 0.1) is 7.11 Å². The van der Waals surface area contributed by atoms with Gasteiger partial charge >= 0.3 is 0 Å². The van der Waals surface area contributed by atoms with Crippen LogP contribution in [0.25, 0.3) is 10.8 Å². The van der Waals surface area contributed by atoms with E-state index in [0.29, 0.717) is 5.92 Å². The Balaban J connectivity index is 1.95. The number of methoxy groups -OCH3 is 1. The minimum atomic E-state index is 0.273. The second kappa shape index (κ2) is 6.31. The normalized spacial score (nSPS) is 19.0. The van der Waals surface area contributed by atoms with Gasteiger partial charge in [0, 0.05) is 31.3 Å². The van der Waals surface area contributed by atoms with Gasteiger partial charge in [0.1, 0.15) is 11.6 Å².